The van der Waals surface area contributed by atoms with Gasteiger partial charge >= 0.3 is 11.6 Å². The maximum Gasteiger partial charge on any atom is 0.336 e. The first-order chi connectivity index (χ1) is 17.4. The molecule has 0 aliphatic heterocycles. The van der Waals surface area contributed by atoms with Gasteiger partial charge in [-0.15, -0.1) is 0 Å². The molecule has 1 heterocycles. The molecule has 1 aromatic carbocycles. The molecule has 2 aromatic rings. The lowest BCUT2D eigenvalue weighted by Gasteiger charge is -2.62. The molecule has 6 heteroatoms. The van der Waals surface area contributed by atoms with Crippen LogP contribution in [0.2, 0.25) is 0 Å². The molecular weight excluding hydrogens is 468 g/mol. The third-order valence-corrected chi connectivity index (χ3v) is 9.24. The SMILES string of the molecule is CC.CCC(C)C(=O)OC1CCC2(C)C(COc3ccc4ccc(=O)oc4c3)C(C)(O)CCC2C1(C)C. The fraction of sp³-hybridized carbons (Fsp3) is 0.677. The quantitative estimate of drug-likeness (QED) is 0.339. The number of fused-ring (bicyclic) bond motifs is 2. The van der Waals surface area contributed by atoms with E-state index in [1.807, 2.05) is 46.8 Å². The molecule has 0 bridgehead atoms. The van der Waals surface area contributed by atoms with Gasteiger partial charge in [-0.25, -0.2) is 4.79 Å². The topological polar surface area (TPSA) is 86.0 Å². The minimum Gasteiger partial charge on any atom is -0.493 e. The monoisotopic (exact) mass is 514 g/mol. The lowest BCUT2D eigenvalue weighted by Crippen LogP contribution is -2.62. The van der Waals surface area contributed by atoms with Gasteiger partial charge in [0.15, 0.2) is 0 Å². The zero-order chi connectivity index (χ0) is 27.6. The first-order valence-electron chi connectivity index (χ1n) is 14.0. The van der Waals surface area contributed by atoms with E-state index in [0.717, 1.165) is 31.1 Å². The summed E-state index contributed by atoms with van der Waals surface area (Å²) in [7, 11) is 0. The molecule has 0 amide bonds. The average molecular weight is 515 g/mol. The van der Waals surface area contributed by atoms with E-state index >= 15 is 0 Å². The lowest BCUT2D eigenvalue weighted by atomic mass is 9.45. The molecule has 6 nitrogen and oxygen atoms in total. The van der Waals surface area contributed by atoms with Crippen molar-refractivity contribution >= 4 is 16.9 Å². The minimum absolute atomic E-state index is 0.0984. The average Bonchev–Trinajstić information content (AvgIpc) is 2.85. The van der Waals surface area contributed by atoms with Crippen molar-refractivity contribution < 1.29 is 23.8 Å². The summed E-state index contributed by atoms with van der Waals surface area (Å²) in [5.41, 5.74) is -1.16. The van der Waals surface area contributed by atoms with Gasteiger partial charge in [-0.05, 0) is 68.6 Å². The molecule has 2 fully saturated rings. The second kappa shape index (κ2) is 11.2. The maximum absolute atomic E-state index is 12.6. The molecular formula is C31H46O6. The van der Waals surface area contributed by atoms with Crippen LogP contribution in [0.4, 0.5) is 0 Å². The number of ether oxygens (including phenoxy) is 2. The molecule has 1 N–H and O–H groups in total. The van der Waals surface area contributed by atoms with Crippen molar-refractivity contribution in [2.24, 2.45) is 28.6 Å². The number of hydrogen-bond donors (Lipinski definition) is 1. The summed E-state index contributed by atoms with van der Waals surface area (Å²) >= 11 is 0. The molecule has 2 aliphatic carbocycles. The first-order valence-corrected chi connectivity index (χ1v) is 14.0. The van der Waals surface area contributed by atoms with Gasteiger partial charge in [-0.1, -0.05) is 48.5 Å². The van der Waals surface area contributed by atoms with Crippen LogP contribution in [-0.4, -0.2) is 29.4 Å². The van der Waals surface area contributed by atoms with Crippen LogP contribution in [0.1, 0.15) is 87.5 Å². The number of rotatable bonds is 6. The fourth-order valence-corrected chi connectivity index (χ4v) is 6.82. The Labute approximate surface area is 221 Å². The van der Waals surface area contributed by atoms with E-state index in [9.17, 15) is 14.7 Å². The Balaban J connectivity index is 0.00000186. The molecule has 4 rings (SSSR count). The third kappa shape index (κ3) is 5.74. The van der Waals surface area contributed by atoms with E-state index in [0.29, 0.717) is 24.4 Å². The number of esters is 1. The molecule has 37 heavy (non-hydrogen) atoms. The highest BCUT2D eigenvalue weighted by molar-refractivity contribution is 5.77. The van der Waals surface area contributed by atoms with Crippen LogP contribution in [0, 0.1) is 28.6 Å². The van der Waals surface area contributed by atoms with Crippen LogP contribution in [0.25, 0.3) is 11.0 Å². The smallest absolute Gasteiger partial charge is 0.336 e. The van der Waals surface area contributed by atoms with Gasteiger partial charge in [0, 0.05) is 28.9 Å². The van der Waals surface area contributed by atoms with Crippen LogP contribution >= 0.6 is 0 Å². The predicted octanol–water partition coefficient (Wildman–Crippen LogP) is 6.76. The van der Waals surface area contributed by atoms with Crippen molar-refractivity contribution in [3.63, 3.8) is 0 Å². The van der Waals surface area contributed by atoms with Gasteiger partial charge in [0.25, 0.3) is 0 Å². The number of aliphatic hydroxyl groups is 1. The minimum atomic E-state index is -0.870. The van der Waals surface area contributed by atoms with Crippen molar-refractivity contribution in [2.45, 2.75) is 99.2 Å². The second-order valence-corrected chi connectivity index (χ2v) is 11.9. The van der Waals surface area contributed by atoms with Gasteiger partial charge < -0.3 is 19.0 Å². The van der Waals surface area contributed by atoms with Gasteiger partial charge in [0.05, 0.1) is 18.1 Å². The molecule has 6 atom stereocenters. The highest BCUT2D eigenvalue weighted by atomic mass is 16.5. The summed E-state index contributed by atoms with van der Waals surface area (Å²) in [6.45, 7) is 16.9. The van der Waals surface area contributed by atoms with Gasteiger partial charge in [-0.2, -0.15) is 0 Å². The molecule has 0 radical (unpaired) electrons. The highest BCUT2D eigenvalue weighted by Gasteiger charge is 2.61. The van der Waals surface area contributed by atoms with Crippen molar-refractivity contribution in [3.8, 4) is 5.75 Å². The number of hydrogen-bond acceptors (Lipinski definition) is 6. The molecule has 0 saturated heterocycles. The van der Waals surface area contributed by atoms with E-state index in [2.05, 4.69) is 20.8 Å². The second-order valence-electron chi connectivity index (χ2n) is 11.9. The summed E-state index contributed by atoms with van der Waals surface area (Å²) in [5, 5.41) is 12.3. The molecule has 2 aliphatic rings. The van der Waals surface area contributed by atoms with Crippen LogP contribution in [-0.2, 0) is 9.53 Å². The standard InChI is InChI=1S/C29H40O6.C2H6/c1-7-18(2)26(31)35-24-13-14-28(5)22(27(24,3)4)12-15-29(6,32)23(28)17-33-20-10-8-19-9-11-25(30)34-21(19)16-20;1-2/h8-11,16,18,22-24,32H,7,12-15,17H2,1-6H3;1-2H3. The van der Waals surface area contributed by atoms with E-state index in [4.69, 9.17) is 13.9 Å². The largest absolute Gasteiger partial charge is 0.493 e. The Morgan fingerprint density at radius 3 is 2.46 bits per heavy atom. The van der Waals surface area contributed by atoms with Crippen molar-refractivity contribution in [1.29, 1.82) is 0 Å². The Morgan fingerprint density at radius 1 is 1.11 bits per heavy atom. The highest BCUT2D eigenvalue weighted by Crippen LogP contribution is 2.62. The van der Waals surface area contributed by atoms with Crippen molar-refractivity contribution in [2.75, 3.05) is 6.61 Å². The fourth-order valence-electron chi connectivity index (χ4n) is 6.82. The summed E-state index contributed by atoms with van der Waals surface area (Å²) in [6, 6.07) is 8.62. The maximum atomic E-state index is 12.6. The Kier molecular flexibility index (Phi) is 8.83. The van der Waals surface area contributed by atoms with Gasteiger partial charge in [0.1, 0.15) is 17.4 Å². The van der Waals surface area contributed by atoms with Gasteiger partial charge in [-0.3, -0.25) is 4.79 Å². The number of carbonyl (C=O) groups is 1. The molecule has 2 saturated carbocycles. The lowest BCUT2D eigenvalue weighted by molar-refractivity contribution is -0.213. The number of benzene rings is 1. The van der Waals surface area contributed by atoms with Crippen LogP contribution in [0.5, 0.6) is 5.75 Å². The Morgan fingerprint density at radius 2 is 1.78 bits per heavy atom. The van der Waals surface area contributed by atoms with Gasteiger partial charge in [0.2, 0.25) is 0 Å². The summed E-state index contributed by atoms with van der Waals surface area (Å²) < 4.78 is 17.6. The predicted molar refractivity (Wildman–Crippen MR) is 147 cm³/mol. The summed E-state index contributed by atoms with van der Waals surface area (Å²) in [6.07, 6.45) is 3.82. The Bertz CT molecular complexity index is 1130. The summed E-state index contributed by atoms with van der Waals surface area (Å²) in [4.78, 5) is 24.2. The molecule has 1 aromatic heterocycles. The zero-order valence-electron chi connectivity index (χ0n) is 23.9. The van der Waals surface area contributed by atoms with Crippen LogP contribution in [0.3, 0.4) is 0 Å². The zero-order valence-corrected chi connectivity index (χ0v) is 23.9. The van der Waals surface area contributed by atoms with E-state index in [1.54, 1.807) is 12.1 Å². The van der Waals surface area contributed by atoms with Crippen LogP contribution < -0.4 is 10.4 Å². The molecule has 206 valence electrons. The summed E-state index contributed by atoms with van der Waals surface area (Å²) in [5.74, 6) is 0.585. The van der Waals surface area contributed by atoms with Crippen molar-refractivity contribution in [1.82, 2.24) is 0 Å². The first kappa shape index (κ1) is 29.2. The molecule has 0 spiro atoms. The van der Waals surface area contributed by atoms with Crippen molar-refractivity contribution in [3.05, 3.63) is 40.8 Å². The Hall–Kier alpha value is -2.34. The van der Waals surface area contributed by atoms with E-state index < -0.39 is 11.2 Å². The van der Waals surface area contributed by atoms with E-state index in [1.165, 1.54) is 6.07 Å². The van der Waals surface area contributed by atoms with Crippen LogP contribution in [0.15, 0.2) is 39.5 Å². The normalized spacial score (nSPS) is 31.4. The molecule has 6 unspecified atom stereocenters. The number of carbonyl (C=O) groups excluding carboxylic acids is 1. The third-order valence-electron chi connectivity index (χ3n) is 9.24. The van der Waals surface area contributed by atoms with E-state index in [-0.39, 0.29) is 40.7 Å².